The van der Waals surface area contributed by atoms with Crippen LogP contribution in [0, 0.1) is 5.41 Å². The maximum absolute atomic E-state index is 3.66. The van der Waals surface area contributed by atoms with E-state index in [1.165, 1.54) is 47.9 Å². The number of halogens is 1. The van der Waals surface area contributed by atoms with Crippen molar-refractivity contribution in [3.05, 3.63) is 20.8 Å². The Morgan fingerprint density at radius 1 is 1.38 bits per heavy atom. The lowest BCUT2D eigenvalue weighted by atomic mass is 9.71. The highest BCUT2D eigenvalue weighted by atomic mass is 79.9. The largest absolute Gasteiger partial charge is 0.319 e. The van der Waals surface area contributed by atoms with E-state index in [0.717, 1.165) is 6.54 Å². The molecule has 0 aromatic carbocycles. The van der Waals surface area contributed by atoms with Crippen molar-refractivity contribution in [3.63, 3.8) is 0 Å². The average molecular weight is 302 g/mol. The van der Waals surface area contributed by atoms with Gasteiger partial charge in [-0.25, -0.2) is 0 Å². The van der Waals surface area contributed by atoms with Gasteiger partial charge in [-0.05, 0) is 59.1 Å². The molecule has 3 heteroatoms. The Morgan fingerprint density at radius 2 is 2.12 bits per heavy atom. The Morgan fingerprint density at radius 3 is 2.69 bits per heavy atom. The fourth-order valence-corrected chi connectivity index (χ4v) is 4.55. The number of hydrogen-bond donors (Lipinski definition) is 1. The summed E-state index contributed by atoms with van der Waals surface area (Å²) in [5, 5.41) is 5.59. The normalized spacial score (nSPS) is 19.9. The monoisotopic (exact) mass is 301 g/mol. The van der Waals surface area contributed by atoms with E-state index in [2.05, 4.69) is 39.7 Å². The molecule has 1 saturated carbocycles. The molecular weight excluding hydrogens is 282 g/mol. The smallest absolute Gasteiger partial charge is 0.0314 e. The van der Waals surface area contributed by atoms with Crippen LogP contribution in [0.25, 0.3) is 0 Å². The predicted molar refractivity (Wildman–Crippen MR) is 75.2 cm³/mol. The Labute approximate surface area is 111 Å². The summed E-state index contributed by atoms with van der Waals surface area (Å²) in [6.07, 6.45) is 8.26. The molecule has 1 aromatic rings. The Hall–Kier alpha value is 0.140. The van der Waals surface area contributed by atoms with Gasteiger partial charge in [0.2, 0.25) is 0 Å². The quantitative estimate of drug-likeness (QED) is 0.878. The van der Waals surface area contributed by atoms with Gasteiger partial charge < -0.3 is 5.32 Å². The highest BCUT2D eigenvalue weighted by Gasteiger charge is 2.32. The minimum absolute atomic E-state index is 0.514. The zero-order valence-corrected chi connectivity index (χ0v) is 12.3. The van der Waals surface area contributed by atoms with Crippen LogP contribution in [-0.4, -0.2) is 13.6 Å². The molecule has 1 aliphatic rings. The first kappa shape index (κ1) is 12.6. The van der Waals surface area contributed by atoms with Crippen molar-refractivity contribution < 1.29 is 0 Å². The van der Waals surface area contributed by atoms with Crippen molar-refractivity contribution >= 4 is 27.3 Å². The summed E-state index contributed by atoms with van der Waals surface area (Å²) in [6.45, 7) is 1.16. The van der Waals surface area contributed by atoms with Gasteiger partial charge in [0.15, 0.2) is 0 Å². The molecule has 0 radical (unpaired) electrons. The third-order valence-electron chi connectivity index (χ3n) is 3.69. The van der Waals surface area contributed by atoms with Crippen LogP contribution in [0.5, 0.6) is 0 Å². The first-order valence-electron chi connectivity index (χ1n) is 6.12. The van der Waals surface area contributed by atoms with E-state index in [1.54, 1.807) is 0 Å². The molecule has 1 heterocycles. The van der Waals surface area contributed by atoms with Crippen LogP contribution in [0.4, 0.5) is 0 Å². The Balaban J connectivity index is 2.10. The van der Waals surface area contributed by atoms with Crippen molar-refractivity contribution in [2.75, 3.05) is 13.6 Å². The number of rotatable bonds is 4. The van der Waals surface area contributed by atoms with Gasteiger partial charge in [0, 0.05) is 15.9 Å². The number of hydrogen-bond acceptors (Lipinski definition) is 2. The fraction of sp³-hybridized carbons (Fsp3) is 0.692. The molecule has 1 aromatic heterocycles. The van der Waals surface area contributed by atoms with Crippen molar-refractivity contribution in [2.24, 2.45) is 5.41 Å². The summed E-state index contributed by atoms with van der Waals surface area (Å²) in [5.74, 6) is 0. The molecule has 16 heavy (non-hydrogen) atoms. The van der Waals surface area contributed by atoms with Crippen LogP contribution in [-0.2, 0) is 6.42 Å². The molecule has 0 unspecified atom stereocenters. The van der Waals surface area contributed by atoms with E-state index in [-0.39, 0.29) is 0 Å². The summed E-state index contributed by atoms with van der Waals surface area (Å²) in [4.78, 5) is 1.53. The zero-order valence-electron chi connectivity index (χ0n) is 9.89. The van der Waals surface area contributed by atoms with E-state index in [0.29, 0.717) is 5.41 Å². The number of thiophene rings is 1. The van der Waals surface area contributed by atoms with Crippen LogP contribution < -0.4 is 5.32 Å². The first-order valence-corrected chi connectivity index (χ1v) is 7.79. The lowest BCUT2D eigenvalue weighted by Gasteiger charge is -2.37. The fourth-order valence-electron chi connectivity index (χ4n) is 2.88. The first-order chi connectivity index (χ1) is 7.76. The molecule has 1 fully saturated rings. The minimum Gasteiger partial charge on any atom is -0.319 e. The van der Waals surface area contributed by atoms with E-state index >= 15 is 0 Å². The van der Waals surface area contributed by atoms with Crippen molar-refractivity contribution in [1.82, 2.24) is 5.32 Å². The highest BCUT2D eigenvalue weighted by Crippen LogP contribution is 2.41. The van der Waals surface area contributed by atoms with Crippen LogP contribution in [0.15, 0.2) is 15.9 Å². The summed E-state index contributed by atoms with van der Waals surface area (Å²) in [6, 6.07) is 2.18. The zero-order chi connectivity index (χ0) is 11.4. The summed E-state index contributed by atoms with van der Waals surface area (Å²) in [5.41, 5.74) is 0.514. The second-order valence-corrected chi connectivity index (χ2v) is 6.81. The molecule has 0 saturated heterocycles. The Bertz CT molecular complexity index is 323. The van der Waals surface area contributed by atoms with Crippen molar-refractivity contribution in [1.29, 1.82) is 0 Å². The molecule has 0 amide bonds. The molecule has 1 N–H and O–H groups in total. The molecule has 90 valence electrons. The molecule has 2 rings (SSSR count). The second kappa shape index (κ2) is 5.65. The second-order valence-electron chi connectivity index (χ2n) is 4.96. The summed E-state index contributed by atoms with van der Waals surface area (Å²) in [7, 11) is 2.08. The van der Waals surface area contributed by atoms with E-state index in [9.17, 15) is 0 Å². The molecule has 0 atom stereocenters. The van der Waals surface area contributed by atoms with Crippen LogP contribution in [0.3, 0.4) is 0 Å². The van der Waals surface area contributed by atoms with Gasteiger partial charge in [0.05, 0.1) is 0 Å². The molecule has 0 bridgehead atoms. The topological polar surface area (TPSA) is 12.0 Å². The van der Waals surface area contributed by atoms with Gasteiger partial charge in [-0.15, -0.1) is 11.3 Å². The van der Waals surface area contributed by atoms with Crippen LogP contribution >= 0.6 is 27.3 Å². The lowest BCUT2D eigenvalue weighted by molar-refractivity contribution is 0.186. The maximum Gasteiger partial charge on any atom is 0.0314 e. The summed E-state index contributed by atoms with van der Waals surface area (Å²) >= 11 is 5.55. The minimum atomic E-state index is 0.514. The number of nitrogens with one attached hydrogen (secondary N) is 1. The lowest BCUT2D eigenvalue weighted by Crippen LogP contribution is -2.36. The third kappa shape index (κ3) is 2.88. The van der Waals surface area contributed by atoms with Crippen LogP contribution in [0.2, 0.25) is 0 Å². The molecular formula is C13H20BrNS. The maximum atomic E-state index is 3.66. The molecule has 0 spiro atoms. The van der Waals surface area contributed by atoms with Crippen LogP contribution in [0.1, 0.15) is 37.0 Å². The van der Waals surface area contributed by atoms with Crippen molar-refractivity contribution in [2.45, 2.75) is 38.5 Å². The van der Waals surface area contributed by atoms with Gasteiger partial charge in [-0.1, -0.05) is 19.3 Å². The van der Waals surface area contributed by atoms with Gasteiger partial charge in [-0.3, -0.25) is 0 Å². The molecule has 1 aliphatic carbocycles. The van der Waals surface area contributed by atoms with Gasteiger partial charge in [0.25, 0.3) is 0 Å². The van der Waals surface area contributed by atoms with Gasteiger partial charge >= 0.3 is 0 Å². The van der Waals surface area contributed by atoms with Gasteiger partial charge in [-0.2, -0.15) is 0 Å². The van der Waals surface area contributed by atoms with Crippen molar-refractivity contribution in [3.8, 4) is 0 Å². The standard InChI is InChI=1S/C13H20BrNS/c1-15-10-13(6-3-2-4-7-13)9-12-11(14)5-8-16-12/h5,8,15H,2-4,6-7,9-10H2,1H3. The molecule has 1 nitrogen and oxygen atoms in total. The summed E-state index contributed by atoms with van der Waals surface area (Å²) < 4.78 is 1.30. The van der Waals surface area contributed by atoms with E-state index in [4.69, 9.17) is 0 Å². The molecule has 0 aliphatic heterocycles. The third-order valence-corrected chi connectivity index (χ3v) is 5.62. The van der Waals surface area contributed by atoms with Gasteiger partial charge in [0.1, 0.15) is 0 Å². The van der Waals surface area contributed by atoms with E-state index < -0.39 is 0 Å². The highest BCUT2D eigenvalue weighted by molar-refractivity contribution is 9.10. The predicted octanol–water partition coefficient (Wildman–Crippen LogP) is 4.22. The Kier molecular flexibility index (Phi) is 4.45. The van der Waals surface area contributed by atoms with E-state index in [1.807, 2.05) is 11.3 Å². The SMILES string of the molecule is CNCC1(Cc2sccc2Br)CCCCC1. The average Bonchev–Trinajstić information content (AvgIpc) is 2.66.